The van der Waals surface area contributed by atoms with E-state index in [1.807, 2.05) is 6.07 Å². The zero-order valence-electron chi connectivity index (χ0n) is 11.3. The topological polar surface area (TPSA) is 58.4 Å². The highest BCUT2D eigenvalue weighted by molar-refractivity contribution is 5.76. The van der Waals surface area contributed by atoms with E-state index in [4.69, 9.17) is 5.73 Å². The fourth-order valence-electron chi connectivity index (χ4n) is 2.51. The van der Waals surface area contributed by atoms with Gasteiger partial charge in [-0.1, -0.05) is 30.3 Å². The number of rotatable bonds is 5. The van der Waals surface area contributed by atoms with Crippen molar-refractivity contribution >= 4 is 5.91 Å². The standard InChI is InChI=1S/C15H23N3O/c16-9-6-15(19)17-14-7-10-18(11-8-14)12-13-4-2-1-3-5-13/h1-5,14H,6-12,16H2,(H,17,19). The molecule has 1 aliphatic heterocycles. The highest BCUT2D eigenvalue weighted by atomic mass is 16.1. The van der Waals surface area contributed by atoms with Gasteiger partial charge in [-0.15, -0.1) is 0 Å². The van der Waals surface area contributed by atoms with Crippen LogP contribution in [0.1, 0.15) is 24.8 Å². The van der Waals surface area contributed by atoms with Crippen LogP contribution in [0.15, 0.2) is 30.3 Å². The summed E-state index contributed by atoms with van der Waals surface area (Å²) in [7, 11) is 0. The summed E-state index contributed by atoms with van der Waals surface area (Å²) in [6.07, 6.45) is 2.50. The van der Waals surface area contributed by atoms with Gasteiger partial charge in [-0.3, -0.25) is 9.69 Å². The Morgan fingerprint density at radius 3 is 2.58 bits per heavy atom. The second kappa shape index (κ2) is 7.26. The molecular weight excluding hydrogens is 238 g/mol. The van der Waals surface area contributed by atoms with Crippen LogP contribution in [0.3, 0.4) is 0 Å². The molecule has 4 nitrogen and oxygen atoms in total. The molecule has 3 N–H and O–H groups in total. The number of hydrogen-bond donors (Lipinski definition) is 2. The minimum atomic E-state index is 0.0870. The summed E-state index contributed by atoms with van der Waals surface area (Å²) in [6.45, 7) is 3.52. The molecule has 1 heterocycles. The van der Waals surface area contributed by atoms with Gasteiger partial charge in [0.25, 0.3) is 0 Å². The van der Waals surface area contributed by atoms with E-state index in [1.54, 1.807) is 0 Å². The number of nitrogens with two attached hydrogens (primary N) is 1. The molecule has 1 aromatic carbocycles. The fraction of sp³-hybridized carbons (Fsp3) is 0.533. The average molecular weight is 261 g/mol. The minimum Gasteiger partial charge on any atom is -0.353 e. The van der Waals surface area contributed by atoms with E-state index in [0.29, 0.717) is 19.0 Å². The monoisotopic (exact) mass is 261 g/mol. The first-order chi connectivity index (χ1) is 9.28. The summed E-state index contributed by atoms with van der Waals surface area (Å²) in [6, 6.07) is 10.9. The summed E-state index contributed by atoms with van der Waals surface area (Å²) in [5.74, 6) is 0.0870. The molecule has 0 unspecified atom stereocenters. The van der Waals surface area contributed by atoms with Gasteiger partial charge in [-0.2, -0.15) is 0 Å². The Morgan fingerprint density at radius 2 is 1.95 bits per heavy atom. The number of carbonyl (C=O) groups is 1. The lowest BCUT2D eigenvalue weighted by atomic mass is 10.0. The van der Waals surface area contributed by atoms with Crippen molar-refractivity contribution < 1.29 is 4.79 Å². The molecule has 1 aromatic rings. The van der Waals surface area contributed by atoms with Gasteiger partial charge in [0.15, 0.2) is 0 Å². The molecule has 0 spiro atoms. The predicted molar refractivity (Wildman–Crippen MR) is 76.6 cm³/mol. The van der Waals surface area contributed by atoms with E-state index in [-0.39, 0.29) is 5.91 Å². The number of nitrogens with zero attached hydrogens (tertiary/aromatic N) is 1. The zero-order valence-corrected chi connectivity index (χ0v) is 11.3. The lowest BCUT2D eigenvalue weighted by molar-refractivity contribution is -0.121. The van der Waals surface area contributed by atoms with Crippen molar-refractivity contribution in [3.05, 3.63) is 35.9 Å². The highest BCUT2D eigenvalue weighted by Crippen LogP contribution is 2.13. The Hall–Kier alpha value is -1.39. The van der Waals surface area contributed by atoms with Crippen molar-refractivity contribution in [2.45, 2.75) is 31.8 Å². The third-order valence-electron chi connectivity index (χ3n) is 3.57. The van der Waals surface area contributed by atoms with Gasteiger partial charge in [0.05, 0.1) is 0 Å². The normalized spacial score (nSPS) is 17.3. The van der Waals surface area contributed by atoms with Gasteiger partial charge in [0, 0.05) is 38.6 Å². The Kier molecular flexibility index (Phi) is 5.36. The molecule has 104 valence electrons. The van der Waals surface area contributed by atoms with Crippen LogP contribution in [0.5, 0.6) is 0 Å². The fourth-order valence-corrected chi connectivity index (χ4v) is 2.51. The minimum absolute atomic E-state index is 0.0870. The highest BCUT2D eigenvalue weighted by Gasteiger charge is 2.20. The van der Waals surface area contributed by atoms with Crippen molar-refractivity contribution in [2.75, 3.05) is 19.6 Å². The lowest BCUT2D eigenvalue weighted by Crippen LogP contribution is -2.44. The SMILES string of the molecule is NCCC(=O)NC1CCN(Cc2ccccc2)CC1. The maximum atomic E-state index is 11.5. The van der Waals surface area contributed by atoms with Crippen molar-refractivity contribution in [1.29, 1.82) is 0 Å². The summed E-state index contributed by atoms with van der Waals surface area (Å²) in [5, 5.41) is 3.06. The van der Waals surface area contributed by atoms with Crippen molar-refractivity contribution in [3.8, 4) is 0 Å². The Bertz CT molecular complexity index is 386. The van der Waals surface area contributed by atoms with E-state index >= 15 is 0 Å². The van der Waals surface area contributed by atoms with E-state index in [0.717, 1.165) is 32.5 Å². The Labute approximate surface area is 115 Å². The van der Waals surface area contributed by atoms with Gasteiger partial charge in [0.2, 0.25) is 5.91 Å². The summed E-state index contributed by atoms with van der Waals surface area (Å²) < 4.78 is 0. The van der Waals surface area contributed by atoms with E-state index in [9.17, 15) is 4.79 Å². The number of amides is 1. The number of piperidine rings is 1. The third kappa shape index (κ3) is 4.65. The molecule has 1 aliphatic rings. The van der Waals surface area contributed by atoms with Crippen LogP contribution >= 0.6 is 0 Å². The number of nitrogens with one attached hydrogen (secondary N) is 1. The summed E-state index contributed by atoms with van der Waals surface area (Å²) in [5.41, 5.74) is 6.73. The first-order valence-corrected chi connectivity index (χ1v) is 7.03. The molecule has 0 aliphatic carbocycles. The van der Waals surface area contributed by atoms with E-state index < -0.39 is 0 Å². The van der Waals surface area contributed by atoms with Crippen molar-refractivity contribution in [3.63, 3.8) is 0 Å². The number of carbonyl (C=O) groups excluding carboxylic acids is 1. The molecule has 1 fully saturated rings. The second-order valence-electron chi connectivity index (χ2n) is 5.14. The van der Waals surface area contributed by atoms with Crippen LogP contribution in [0, 0.1) is 0 Å². The van der Waals surface area contributed by atoms with Gasteiger partial charge in [-0.25, -0.2) is 0 Å². The van der Waals surface area contributed by atoms with Crippen LogP contribution in [0.4, 0.5) is 0 Å². The molecule has 0 bridgehead atoms. The van der Waals surface area contributed by atoms with Crippen LogP contribution in [0.2, 0.25) is 0 Å². The van der Waals surface area contributed by atoms with E-state index in [1.165, 1.54) is 5.56 Å². The number of hydrogen-bond acceptors (Lipinski definition) is 3. The molecule has 0 radical (unpaired) electrons. The van der Waals surface area contributed by atoms with Crippen molar-refractivity contribution in [2.24, 2.45) is 5.73 Å². The first-order valence-electron chi connectivity index (χ1n) is 7.03. The number of benzene rings is 1. The van der Waals surface area contributed by atoms with Crippen LogP contribution in [-0.2, 0) is 11.3 Å². The Balaban J connectivity index is 1.72. The molecule has 19 heavy (non-hydrogen) atoms. The van der Waals surface area contributed by atoms with Gasteiger partial charge >= 0.3 is 0 Å². The number of likely N-dealkylation sites (tertiary alicyclic amines) is 1. The molecule has 1 saturated heterocycles. The maximum absolute atomic E-state index is 11.5. The maximum Gasteiger partial charge on any atom is 0.221 e. The second-order valence-corrected chi connectivity index (χ2v) is 5.14. The van der Waals surface area contributed by atoms with Gasteiger partial charge in [-0.05, 0) is 18.4 Å². The molecular formula is C15H23N3O. The molecule has 0 saturated carbocycles. The smallest absolute Gasteiger partial charge is 0.221 e. The predicted octanol–water partition coefficient (Wildman–Crippen LogP) is 1.12. The van der Waals surface area contributed by atoms with Crippen molar-refractivity contribution in [1.82, 2.24) is 10.2 Å². The van der Waals surface area contributed by atoms with Gasteiger partial charge in [0.1, 0.15) is 0 Å². The van der Waals surface area contributed by atoms with Crippen LogP contribution in [0.25, 0.3) is 0 Å². The molecule has 2 rings (SSSR count). The zero-order chi connectivity index (χ0) is 13.5. The quantitative estimate of drug-likeness (QED) is 0.835. The third-order valence-corrected chi connectivity index (χ3v) is 3.57. The molecule has 0 aromatic heterocycles. The van der Waals surface area contributed by atoms with Gasteiger partial charge < -0.3 is 11.1 Å². The lowest BCUT2D eigenvalue weighted by Gasteiger charge is -2.32. The summed E-state index contributed by atoms with van der Waals surface area (Å²) >= 11 is 0. The summed E-state index contributed by atoms with van der Waals surface area (Å²) in [4.78, 5) is 13.9. The first kappa shape index (κ1) is 14.0. The molecule has 1 amide bonds. The van der Waals surface area contributed by atoms with Crippen LogP contribution < -0.4 is 11.1 Å². The molecule has 0 atom stereocenters. The van der Waals surface area contributed by atoms with E-state index in [2.05, 4.69) is 34.5 Å². The Morgan fingerprint density at radius 1 is 1.26 bits per heavy atom. The largest absolute Gasteiger partial charge is 0.353 e. The average Bonchev–Trinajstić information content (AvgIpc) is 2.42. The molecule has 4 heteroatoms. The van der Waals surface area contributed by atoms with Crippen LogP contribution in [-0.4, -0.2) is 36.5 Å².